The maximum atomic E-state index is 5.76. The molecule has 0 aromatic heterocycles. The highest BCUT2D eigenvalue weighted by atomic mass is 14.9. The van der Waals surface area contributed by atoms with Crippen LogP contribution in [0.15, 0.2) is 30.9 Å². The molecule has 1 unspecified atom stereocenters. The van der Waals surface area contributed by atoms with Crippen molar-refractivity contribution in [2.75, 3.05) is 13.1 Å². The van der Waals surface area contributed by atoms with Crippen molar-refractivity contribution in [3.05, 3.63) is 47.5 Å². The molecule has 0 radical (unpaired) electrons. The molecule has 2 nitrogen and oxygen atoms in total. The number of nitrogens with one attached hydrogen (secondary N) is 1. The van der Waals surface area contributed by atoms with E-state index in [9.17, 15) is 0 Å². The van der Waals surface area contributed by atoms with Crippen molar-refractivity contribution in [2.24, 2.45) is 5.73 Å². The Morgan fingerprint density at radius 3 is 2.73 bits per heavy atom. The van der Waals surface area contributed by atoms with E-state index in [2.05, 4.69) is 43.9 Å². The molecule has 0 saturated heterocycles. The van der Waals surface area contributed by atoms with Gasteiger partial charge in [-0.2, -0.15) is 0 Å². The summed E-state index contributed by atoms with van der Waals surface area (Å²) in [5.41, 5.74) is 9.62. The van der Waals surface area contributed by atoms with Gasteiger partial charge in [-0.1, -0.05) is 29.8 Å². The zero-order chi connectivity index (χ0) is 11.3. The van der Waals surface area contributed by atoms with Crippen LogP contribution in [0.3, 0.4) is 0 Å². The number of hydrogen-bond acceptors (Lipinski definition) is 2. The van der Waals surface area contributed by atoms with E-state index in [1.165, 1.54) is 16.7 Å². The van der Waals surface area contributed by atoms with Crippen LogP contribution in [-0.4, -0.2) is 13.1 Å². The topological polar surface area (TPSA) is 38.0 Å². The molecular weight excluding hydrogens is 184 g/mol. The van der Waals surface area contributed by atoms with Gasteiger partial charge in [0.05, 0.1) is 0 Å². The van der Waals surface area contributed by atoms with Crippen LogP contribution < -0.4 is 11.1 Å². The van der Waals surface area contributed by atoms with Crippen molar-refractivity contribution in [3.63, 3.8) is 0 Å². The molecule has 0 aliphatic heterocycles. The van der Waals surface area contributed by atoms with Crippen LogP contribution in [-0.2, 0) is 0 Å². The number of nitrogens with two attached hydrogens (primary N) is 1. The summed E-state index contributed by atoms with van der Waals surface area (Å²) in [5.74, 6) is 0. The van der Waals surface area contributed by atoms with Crippen molar-refractivity contribution in [3.8, 4) is 0 Å². The van der Waals surface area contributed by atoms with Gasteiger partial charge in [0.15, 0.2) is 0 Å². The summed E-state index contributed by atoms with van der Waals surface area (Å²) in [6, 6.07) is 6.69. The van der Waals surface area contributed by atoms with Crippen molar-refractivity contribution in [2.45, 2.75) is 19.9 Å². The fourth-order valence-corrected chi connectivity index (χ4v) is 1.76. The summed E-state index contributed by atoms with van der Waals surface area (Å²) >= 11 is 0. The van der Waals surface area contributed by atoms with Gasteiger partial charge < -0.3 is 11.1 Å². The van der Waals surface area contributed by atoms with Crippen molar-refractivity contribution < 1.29 is 0 Å². The van der Waals surface area contributed by atoms with Crippen LogP contribution in [0.2, 0.25) is 0 Å². The quantitative estimate of drug-likeness (QED) is 0.721. The monoisotopic (exact) mass is 204 g/mol. The number of benzene rings is 1. The number of rotatable bonds is 5. The highest BCUT2D eigenvalue weighted by molar-refractivity contribution is 5.33. The minimum atomic E-state index is 0.226. The molecule has 1 aromatic carbocycles. The predicted octanol–water partition coefficient (Wildman–Crippen LogP) is 2.08. The molecule has 0 aliphatic carbocycles. The minimum Gasteiger partial charge on any atom is -0.329 e. The van der Waals surface area contributed by atoms with Gasteiger partial charge >= 0.3 is 0 Å². The molecule has 15 heavy (non-hydrogen) atoms. The van der Waals surface area contributed by atoms with Gasteiger partial charge in [-0.15, -0.1) is 6.58 Å². The first-order chi connectivity index (χ1) is 7.19. The Balaban J connectivity index is 2.86. The molecule has 0 heterocycles. The maximum Gasteiger partial charge on any atom is 0.0449 e. The Kier molecular flexibility index (Phi) is 4.53. The standard InChI is InChI=1S/C13H20N2/c1-4-7-15-13(9-14)12-6-5-10(2)8-11(12)3/h4-6,8,13,15H,1,7,9,14H2,2-3H3. The Hall–Kier alpha value is -1.12. The maximum absolute atomic E-state index is 5.76. The van der Waals surface area contributed by atoms with E-state index in [1.807, 2.05) is 6.08 Å². The van der Waals surface area contributed by atoms with E-state index >= 15 is 0 Å². The molecule has 0 fully saturated rings. The van der Waals surface area contributed by atoms with E-state index in [4.69, 9.17) is 5.73 Å². The van der Waals surface area contributed by atoms with Crippen molar-refractivity contribution in [1.82, 2.24) is 5.32 Å². The molecule has 0 bridgehead atoms. The van der Waals surface area contributed by atoms with Gasteiger partial charge in [-0.05, 0) is 25.0 Å². The molecule has 1 atom stereocenters. The van der Waals surface area contributed by atoms with Crippen LogP contribution in [0, 0.1) is 13.8 Å². The molecule has 0 saturated carbocycles. The van der Waals surface area contributed by atoms with E-state index in [-0.39, 0.29) is 6.04 Å². The van der Waals surface area contributed by atoms with Gasteiger partial charge in [0.2, 0.25) is 0 Å². The van der Waals surface area contributed by atoms with Crippen LogP contribution in [0.25, 0.3) is 0 Å². The summed E-state index contributed by atoms with van der Waals surface area (Å²) in [7, 11) is 0. The lowest BCUT2D eigenvalue weighted by Gasteiger charge is -2.18. The lowest BCUT2D eigenvalue weighted by molar-refractivity contribution is 0.575. The van der Waals surface area contributed by atoms with Gasteiger partial charge in [-0.25, -0.2) is 0 Å². The zero-order valence-electron chi connectivity index (χ0n) is 9.59. The minimum absolute atomic E-state index is 0.226. The average molecular weight is 204 g/mol. The summed E-state index contributed by atoms with van der Waals surface area (Å²) in [6.07, 6.45) is 1.85. The predicted molar refractivity (Wildman–Crippen MR) is 65.9 cm³/mol. The average Bonchev–Trinajstić information content (AvgIpc) is 2.21. The molecule has 2 heteroatoms. The largest absolute Gasteiger partial charge is 0.329 e. The van der Waals surface area contributed by atoms with Gasteiger partial charge in [0.1, 0.15) is 0 Å². The Labute approximate surface area is 92.2 Å². The van der Waals surface area contributed by atoms with Crippen LogP contribution >= 0.6 is 0 Å². The van der Waals surface area contributed by atoms with E-state index in [1.54, 1.807) is 0 Å². The summed E-state index contributed by atoms with van der Waals surface area (Å²) in [4.78, 5) is 0. The lowest BCUT2D eigenvalue weighted by atomic mass is 9.99. The van der Waals surface area contributed by atoms with Gasteiger partial charge in [0.25, 0.3) is 0 Å². The SMILES string of the molecule is C=CCNC(CN)c1ccc(C)cc1C. The molecule has 82 valence electrons. The lowest BCUT2D eigenvalue weighted by Crippen LogP contribution is -2.28. The Bertz CT molecular complexity index is 331. The first-order valence-corrected chi connectivity index (χ1v) is 5.30. The third kappa shape index (κ3) is 3.18. The van der Waals surface area contributed by atoms with Crippen LogP contribution in [0.1, 0.15) is 22.7 Å². The first-order valence-electron chi connectivity index (χ1n) is 5.30. The third-order valence-corrected chi connectivity index (χ3v) is 2.55. The fourth-order valence-electron chi connectivity index (χ4n) is 1.76. The van der Waals surface area contributed by atoms with Gasteiger partial charge in [-0.3, -0.25) is 0 Å². The normalized spacial score (nSPS) is 12.5. The van der Waals surface area contributed by atoms with Crippen LogP contribution in [0.5, 0.6) is 0 Å². The molecule has 0 aliphatic rings. The fraction of sp³-hybridized carbons (Fsp3) is 0.385. The smallest absolute Gasteiger partial charge is 0.0449 e. The number of aryl methyl sites for hydroxylation is 2. The third-order valence-electron chi connectivity index (χ3n) is 2.55. The molecule has 1 aromatic rings. The summed E-state index contributed by atoms with van der Waals surface area (Å²) in [5, 5.41) is 3.35. The van der Waals surface area contributed by atoms with E-state index in [0.717, 1.165) is 6.54 Å². The Morgan fingerprint density at radius 2 is 2.20 bits per heavy atom. The highest BCUT2D eigenvalue weighted by Crippen LogP contribution is 2.17. The second-order valence-corrected chi connectivity index (χ2v) is 3.85. The molecule has 0 amide bonds. The van der Waals surface area contributed by atoms with E-state index in [0.29, 0.717) is 6.54 Å². The summed E-state index contributed by atoms with van der Waals surface area (Å²) < 4.78 is 0. The molecule has 1 rings (SSSR count). The Morgan fingerprint density at radius 1 is 1.47 bits per heavy atom. The zero-order valence-corrected chi connectivity index (χ0v) is 9.59. The highest BCUT2D eigenvalue weighted by Gasteiger charge is 2.10. The summed E-state index contributed by atoms with van der Waals surface area (Å²) in [6.45, 7) is 9.32. The van der Waals surface area contributed by atoms with E-state index < -0.39 is 0 Å². The van der Waals surface area contributed by atoms with Crippen molar-refractivity contribution >= 4 is 0 Å². The molecule has 3 N–H and O–H groups in total. The second-order valence-electron chi connectivity index (χ2n) is 3.85. The number of hydrogen-bond donors (Lipinski definition) is 2. The van der Waals surface area contributed by atoms with Crippen LogP contribution in [0.4, 0.5) is 0 Å². The molecular formula is C13H20N2. The first kappa shape index (κ1) is 12.0. The second kappa shape index (κ2) is 5.69. The van der Waals surface area contributed by atoms with Gasteiger partial charge in [0, 0.05) is 19.1 Å². The van der Waals surface area contributed by atoms with Crippen molar-refractivity contribution in [1.29, 1.82) is 0 Å². The molecule has 0 spiro atoms.